The Morgan fingerprint density at radius 1 is 1.12 bits per heavy atom. The van der Waals surface area contributed by atoms with Gasteiger partial charge in [0, 0.05) is 64.5 Å². The van der Waals surface area contributed by atoms with Gasteiger partial charge in [0.1, 0.15) is 5.82 Å². The summed E-state index contributed by atoms with van der Waals surface area (Å²) in [6, 6.07) is 6.83. The summed E-state index contributed by atoms with van der Waals surface area (Å²) >= 11 is 1.69. The first-order valence-corrected chi connectivity index (χ1v) is 12.0. The van der Waals surface area contributed by atoms with Gasteiger partial charge in [0.05, 0.1) is 0 Å². The summed E-state index contributed by atoms with van der Waals surface area (Å²) in [4.78, 5) is 17.7. The van der Waals surface area contributed by atoms with E-state index < -0.39 is 0 Å². The van der Waals surface area contributed by atoms with Gasteiger partial charge in [-0.25, -0.2) is 14.4 Å². The van der Waals surface area contributed by atoms with Crippen LogP contribution in [0.15, 0.2) is 41.7 Å². The van der Waals surface area contributed by atoms with Crippen molar-refractivity contribution in [3.8, 4) is 0 Å². The molecule has 0 unspecified atom stereocenters. The highest BCUT2D eigenvalue weighted by Gasteiger charge is 2.18. The van der Waals surface area contributed by atoms with Crippen LogP contribution in [0.25, 0.3) is 0 Å². The highest BCUT2D eigenvalue weighted by atomic mass is 127. The third kappa shape index (κ3) is 8.36. The van der Waals surface area contributed by atoms with Gasteiger partial charge < -0.3 is 15.5 Å². The summed E-state index contributed by atoms with van der Waals surface area (Å²) in [7, 11) is 1.77. The maximum absolute atomic E-state index is 13.5. The number of nitrogens with one attached hydrogen (secondary N) is 2. The zero-order chi connectivity index (χ0) is 21.9. The molecule has 1 aliphatic rings. The van der Waals surface area contributed by atoms with E-state index in [9.17, 15) is 4.39 Å². The molecule has 1 aromatic heterocycles. The van der Waals surface area contributed by atoms with E-state index in [0.717, 1.165) is 74.5 Å². The highest BCUT2D eigenvalue weighted by Crippen LogP contribution is 2.16. The molecule has 3 rings (SSSR count). The number of halogens is 2. The monoisotopic (exact) mass is 573 g/mol. The predicted molar refractivity (Wildman–Crippen MR) is 143 cm³/mol. The van der Waals surface area contributed by atoms with Gasteiger partial charge in [-0.1, -0.05) is 6.07 Å². The normalized spacial score (nSPS) is 14.7. The van der Waals surface area contributed by atoms with E-state index in [1.54, 1.807) is 37.3 Å². The Morgan fingerprint density at radius 2 is 1.88 bits per heavy atom. The molecule has 176 valence electrons. The van der Waals surface area contributed by atoms with Gasteiger partial charge in [-0.3, -0.25) is 9.89 Å². The van der Waals surface area contributed by atoms with Crippen LogP contribution in [0, 0.1) is 5.82 Å². The molecule has 0 spiro atoms. The van der Waals surface area contributed by atoms with Crippen molar-refractivity contribution in [1.82, 2.24) is 25.5 Å². The van der Waals surface area contributed by atoms with Gasteiger partial charge in [-0.05, 0) is 48.5 Å². The lowest BCUT2D eigenvalue weighted by Gasteiger charge is -2.34. The molecule has 2 N–H and O–H groups in total. The van der Waals surface area contributed by atoms with Crippen LogP contribution >= 0.6 is 35.7 Å². The molecule has 1 aliphatic heterocycles. The maximum atomic E-state index is 13.5. The van der Waals surface area contributed by atoms with Crippen molar-refractivity contribution in [2.24, 2.45) is 4.99 Å². The number of benzene rings is 1. The topological polar surface area (TPSA) is 68.7 Å². The number of rotatable bonds is 9. The molecule has 0 radical (unpaired) electrons. The van der Waals surface area contributed by atoms with Crippen LogP contribution in [0.5, 0.6) is 0 Å². The third-order valence-corrected chi connectivity index (χ3v) is 5.89. The lowest BCUT2D eigenvalue weighted by Crippen LogP contribution is -2.47. The molecular formula is C22H33FIN7S. The smallest absolute Gasteiger partial charge is 0.225 e. The standard InChI is InChI=1S/C22H32FN7S.HI/c1-24-21(28-16-18-5-6-20(23)15-19(18)17-31-2)25-9-4-10-29-11-13-30(14-12-29)22-26-7-3-8-27-22;/h3,5-8,15H,4,9-14,16-17H2,1-2H3,(H2,24,25,28);1H. The van der Waals surface area contributed by atoms with Gasteiger partial charge in [0.25, 0.3) is 0 Å². The number of guanidine groups is 1. The van der Waals surface area contributed by atoms with E-state index >= 15 is 0 Å². The number of hydrogen-bond acceptors (Lipinski definition) is 6. The molecule has 1 aromatic carbocycles. The summed E-state index contributed by atoms with van der Waals surface area (Å²) in [5, 5.41) is 6.72. The van der Waals surface area contributed by atoms with Crippen molar-refractivity contribution in [2.45, 2.75) is 18.7 Å². The Morgan fingerprint density at radius 3 is 2.56 bits per heavy atom. The first kappa shape index (κ1) is 26.6. The first-order chi connectivity index (χ1) is 15.2. The zero-order valence-electron chi connectivity index (χ0n) is 18.8. The lowest BCUT2D eigenvalue weighted by atomic mass is 10.1. The molecule has 2 heterocycles. The van der Waals surface area contributed by atoms with E-state index in [1.165, 1.54) is 6.07 Å². The molecule has 1 fully saturated rings. The second-order valence-electron chi connectivity index (χ2n) is 7.43. The number of piperazine rings is 1. The van der Waals surface area contributed by atoms with Crippen molar-refractivity contribution < 1.29 is 4.39 Å². The van der Waals surface area contributed by atoms with E-state index in [0.29, 0.717) is 6.54 Å². The molecule has 10 heteroatoms. The second kappa shape index (κ2) is 14.5. The summed E-state index contributed by atoms with van der Waals surface area (Å²) < 4.78 is 13.5. The van der Waals surface area contributed by atoms with E-state index in [4.69, 9.17) is 0 Å². The van der Waals surface area contributed by atoms with Gasteiger partial charge in [0.15, 0.2) is 5.96 Å². The molecule has 0 saturated carbocycles. The van der Waals surface area contributed by atoms with Crippen LogP contribution in [0.1, 0.15) is 17.5 Å². The number of aromatic nitrogens is 2. The summed E-state index contributed by atoms with van der Waals surface area (Å²) in [6.07, 6.45) is 6.65. The fraction of sp³-hybridized carbons (Fsp3) is 0.500. The lowest BCUT2D eigenvalue weighted by molar-refractivity contribution is 0.254. The molecule has 7 nitrogen and oxygen atoms in total. The Balaban J connectivity index is 0.00000363. The van der Waals surface area contributed by atoms with Crippen molar-refractivity contribution in [2.75, 3.05) is 57.5 Å². The fourth-order valence-corrected chi connectivity index (χ4v) is 4.17. The zero-order valence-corrected chi connectivity index (χ0v) is 21.9. The molecule has 0 amide bonds. The Bertz CT molecular complexity index is 832. The Kier molecular flexibility index (Phi) is 12.0. The fourth-order valence-electron chi connectivity index (χ4n) is 3.59. The Hall–Kier alpha value is -1.66. The molecule has 0 aliphatic carbocycles. The number of anilines is 1. The van der Waals surface area contributed by atoms with Crippen LogP contribution in [-0.2, 0) is 12.3 Å². The van der Waals surface area contributed by atoms with Gasteiger partial charge >= 0.3 is 0 Å². The van der Waals surface area contributed by atoms with Crippen molar-refractivity contribution >= 4 is 47.6 Å². The predicted octanol–water partition coefficient (Wildman–Crippen LogP) is 2.97. The largest absolute Gasteiger partial charge is 0.356 e. The number of nitrogens with zero attached hydrogens (tertiary/aromatic N) is 5. The molecular weight excluding hydrogens is 540 g/mol. The third-order valence-electron chi connectivity index (χ3n) is 5.29. The number of hydrogen-bond donors (Lipinski definition) is 2. The molecule has 32 heavy (non-hydrogen) atoms. The summed E-state index contributed by atoms with van der Waals surface area (Å²) in [5.74, 6) is 2.20. The Labute approximate surface area is 211 Å². The number of aliphatic imine (C=N–C) groups is 1. The number of thioether (sulfide) groups is 1. The SMILES string of the molecule is CN=C(NCCCN1CCN(c2ncccn2)CC1)NCc1ccc(F)cc1CSC.I. The molecule has 0 bridgehead atoms. The highest BCUT2D eigenvalue weighted by molar-refractivity contribution is 14.0. The van der Waals surface area contributed by atoms with Crippen LogP contribution in [0.3, 0.4) is 0 Å². The minimum atomic E-state index is -0.188. The van der Waals surface area contributed by atoms with Gasteiger partial charge in [-0.2, -0.15) is 11.8 Å². The molecule has 2 aromatic rings. The minimum absolute atomic E-state index is 0. The van der Waals surface area contributed by atoms with E-state index in [-0.39, 0.29) is 29.8 Å². The van der Waals surface area contributed by atoms with Crippen molar-refractivity contribution in [3.05, 3.63) is 53.6 Å². The van der Waals surface area contributed by atoms with Crippen LogP contribution < -0.4 is 15.5 Å². The van der Waals surface area contributed by atoms with Crippen LogP contribution in [-0.4, -0.2) is 73.4 Å². The first-order valence-electron chi connectivity index (χ1n) is 10.6. The summed E-state index contributed by atoms with van der Waals surface area (Å²) in [6.45, 7) is 6.47. The van der Waals surface area contributed by atoms with Crippen LogP contribution in [0.2, 0.25) is 0 Å². The second-order valence-corrected chi connectivity index (χ2v) is 8.30. The van der Waals surface area contributed by atoms with Crippen molar-refractivity contribution in [1.29, 1.82) is 0 Å². The molecule has 0 atom stereocenters. The average Bonchev–Trinajstić information content (AvgIpc) is 2.81. The van der Waals surface area contributed by atoms with Crippen molar-refractivity contribution in [3.63, 3.8) is 0 Å². The van der Waals surface area contributed by atoms with Crippen LogP contribution in [0.4, 0.5) is 10.3 Å². The summed E-state index contributed by atoms with van der Waals surface area (Å²) in [5.41, 5.74) is 2.12. The maximum Gasteiger partial charge on any atom is 0.225 e. The van der Waals surface area contributed by atoms with Gasteiger partial charge in [-0.15, -0.1) is 24.0 Å². The average molecular weight is 574 g/mol. The van der Waals surface area contributed by atoms with E-state index in [1.807, 2.05) is 18.4 Å². The quantitative estimate of drug-likeness (QED) is 0.207. The van der Waals surface area contributed by atoms with E-state index in [2.05, 4.69) is 35.4 Å². The van der Waals surface area contributed by atoms with Gasteiger partial charge in [0.2, 0.25) is 5.95 Å². The minimum Gasteiger partial charge on any atom is -0.356 e. The molecule has 1 saturated heterocycles.